The van der Waals surface area contributed by atoms with E-state index in [1.54, 1.807) is 11.0 Å². The van der Waals surface area contributed by atoms with Gasteiger partial charge in [-0.25, -0.2) is 4.79 Å². The molecule has 18 heavy (non-hydrogen) atoms. The van der Waals surface area contributed by atoms with Crippen LogP contribution >= 0.6 is 22.6 Å². The second kappa shape index (κ2) is 6.14. The van der Waals surface area contributed by atoms with Crippen LogP contribution in [0.15, 0.2) is 6.07 Å². The number of amides is 1. The lowest BCUT2D eigenvalue weighted by molar-refractivity contribution is 0.143. The highest BCUT2D eigenvalue weighted by molar-refractivity contribution is 14.1. The van der Waals surface area contributed by atoms with E-state index < -0.39 is 6.09 Å². The lowest BCUT2D eigenvalue weighted by Crippen LogP contribution is -2.47. The van der Waals surface area contributed by atoms with E-state index in [1.165, 1.54) is 7.11 Å². The summed E-state index contributed by atoms with van der Waals surface area (Å²) in [5, 5.41) is 3.16. The number of ether oxygens (including phenoxy) is 2. The van der Waals surface area contributed by atoms with E-state index in [2.05, 4.69) is 15.3 Å². The fourth-order valence-electron chi connectivity index (χ4n) is 1.52. The van der Waals surface area contributed by atoms with Crippen LogP contribution in [0, 0.1) is 3.70 Å². The number of piperazine rings is 1. The van der Waals surface area contributed by atoms with Crippen molar-refractivity contribution in [2.75, 3.05) is 33.3 Å². The summed E-state index contributed by atoms with van der Waals surface area (Å²) >= 11 is 2.01. The number of methoxy groups -OCH3 is 1. The van der Waals surface area contributed by atoms with Gasteiger partial charge in [-0.2, -0.15) is 9.97 Å². The summed E-state index contributed by atoms with van der Waals surface area (Å²) in [5.41, 5.74) is 0. The monoisotopic (exact) mass is 364 g/mol. The number of nitrogens with zero attached hydrogens (tertiary/aromatic N) is 3. The van der Waals surface area contributed by atoms with E-state index in [4.69, 9.17) is 9.47 Å². The number of rotatable bonds is 2. The maximum atomic E-state index is 11.9. The predicted octanol–water partition coefficient (Wildman–Crippen LogP) is 0.494. The van der Waals surface area contributed by atoms with Gasteiger partial charge in [0.25, 0.3) is 0 Å². The first-order chi connectivity index (χ1) is 8.69. The SMILES string of the molecule is COc1nc(I)cc(OC(=O)N2CCNCC2)n1. The zero-order chi connectivity index (χ0) is 13.0. The predicted molar refractivity (Wildman–Crippen MR) is 71.8 cm³/mol. The molecular formula is C10H13IN4O3. The number of hydrogen-bond acceptors (Lipinski definition) is 6. The van der Waals surface area contributed by atoms with Crippen molar-refractivity contribution in [3.05, 3.63) is 9.77 Å². The van der Waals surface area contributed by atoms with Gasteiger partial charge >= 0.3 is 12.1 Å². The Hall–Kier alpha value is -1.16. The minimum absolute atomic E-state index is 0.185. The average molecular weight is 364 g/mol. The fraction of sp³-hybridized carbons (Fsp3) is 0.500. The first-order valence-corrected chi connectivity index (χ1v) is 6.53. The Morgan fingerprint density at radius 1 is 1.44 bits per heavy atom. The molecule has 0 saturated carbocycles. The number of carbonyl (C=O) groups excluding carboxylic acids is 1. The van der Waals surface area contributed by atoms with E-state index in [0.29, 0.717) is 16.8 Å². The van der Waals surface area contributed by atoms with Gasteiger partial charge in [-0.1, -0.05) is 0 Å². The van der Waals surface area contributed by atoms with Gasteiger partial charge in [-0.3, -0.25) is 0 Å². The molecule has 1 aromatic rings. The maximum Gasteiger partial charge on any atom is 0.416 e. The molecule has 98 valence electrons. The molecule has 0 bridgehead atoms. The Balaban J connectivity index is 2.03. The molecule has 1 fully saturated rings. The largest absolute Gasteiger partial charge is 0.467 e. The van der Waals surface area contributed by atoms with Crippen LogP contribution in [0.1, 0.15) is 0 Å². The highest BCUT2D eigenvalue weighted by atomic mass is 127. The summed E-state index contributed by atoms with van der Waals surface area (Å²) in [6.07, 6.45) is -0.395. The molecule has 0 atom stereocenters. The van der Waals surface area contributed by atoms with Gasteiger partial charge in [0.2, 0.25) is 5.88 Å². The molecule has 2 heterocycles. The summed E-state index contributed by atoms with van der Waals surface area (Å²) in [7, 11) is 1.47. The fourth-order valence-corrected chi connectivity index (χ4v) is 1.99. The lowest BCUT2D eigenvalue weighted by atomic mass is 10.4. The van der Waals surface area contributed by atoms with Gasteiger partial charge < -0.3 is 19.7 Å². The number of halogens is 1. The quantitative estimate of drug-likeness (QED) is 0.608. The molecular weight excluding hydrogens is 351 g/mol. The lowest BCUT2D eigenvalue weighted by Gasteiger charge is -2.26. The molecule has 0 unspecified atom stereocenters. The molecule has 0 spiro atoms. The third kappa shape index (κ3) is 3.42. The van der Waals surface area contributed by atoms with Crippen molar-refractivity contribution in [2.45, 2.75) is 0 Å². The van der Waals surface area contributed by atoms with Crippen molar-refractivity contribution in [3.63, 3.8) is 0 Å². The van der Waals surface area contributed by atoms with Gasteiger partial charge in [0, 0.05) is 32.2 Å². The van der Waals surface area contributed by atoms with E-state index >= 15 is 0 Å². The topological polar surface area (TPSA) is 76.6 Å². The van der Waals surface area contributed by atoms with Crippen molar-refractivity contribution < 1.29 is 14.3 Å². The average Bonchev–Trinajstić information content (AvgIpc) is 2.39. The second-order valence-corrected chi connectivity index (χ2v) is 4.73. The molecule has 0 aliphatic carbocycles. The van der Waals surface area contributed by atoms with E-state index in [0.717, 1.165) is 13.1 Å². The summed E-state index contributed by atoms with van der Waals surface area (Å²) in [5.74, 6) is 0.204. The number of aromatic nitrogens is 2. The van der Waals surface area contributed by atoms with Crippen LogP contribution < -0.4 is 14.8 Å². The zero-order valence-electron chi connectivity index (χ0n) is 9.85. The van der Waals surface area contributed by atoms with Gasteiger partial charge in [-0.15, -0.1) is 0 Å². The molecule has 1 aromatic heterocycles. The van der Waals surface area contributed by atoms with Crippen LogP contribution in [0.4, 0.5) is 4.79 Å². The van der Waals surface area contributed by atoms with Crippen LogP contribution in [0.2, 0.25) is 0 Å². The van der Waals surface area contributed by atoms with Crippen molar-refractivity contribution in [1.29, 1.82) is 0 Å². The molecule has 1 aliphatic heterocycles. The standard InChI is InChI=1S/C10H13IN4O3/c1-17-9-13-7(11)6-8(14-9)18-10(16)15-4-2-12-3-5-15/h6,12H,2-5H2,1H3. The minimum Gasteiger partial charge on any atom is -0.467 e. The van der Waals surface area contributed by atoms with Crippen molar-refractivity contribution >= 4 is 28.7 Å². The van der Waals surface area contributed by atoms with Crippen LogP contribution in [0.5, 0.6) is 11.9 Å². The molecule has 0 radical (unpaired) electrons. The van der Waals surface area contributed by atoms with Crippen molar-refractivity contribution in [1.82, 2.24) is 20.2 Å². The van der Waals surface area contributed by atoms with E-state index in [-0.39, 0.29) is 11.9 Å². The molecule has 1 aliphatic rings. The first-order valence-electron chi connectivity index (χ1n) is 5.45. The summed E-state index contributed by atoms with van der Waals surface area (Å²) in [4.78, 5) is 21.5. The molecule has 0 aromatic carbocycles. The Morgan fingerprint density at radius 3 is 2.83 bits per heavy atom. The van der Waals surface area contributed by atoms with Gasteiger partial charge in [0.1, 0.15) is 3.70 Å². The molecule has 1 saturated heterocycles. The second-order valence-electron chi connectivity index (χ2n) is 3.62. The normalized spacial score (nSPS) is 15.3. The van der Waals surface area contributed by atoms with Gasteiger partial charge in [0.05, 0.1) is 7.11 Å². The zero-order valence-corrected chi connectivity index (χ0v) is 12.0. The smallest absolute Gasteiger partial charge is 0.416 e. The molecule has 2 rings (SSSR count). The van der Waals surface area contributed by atoms with Crippen LogP contribution in [0.25, 0.3) is 0 Å². The van der Waals surface area contributed by atoms with Crippen molar-refractivity contribution in [2.24, 2.45) is 0 Å². The van der Waals surface area contributed by atoms with Crippen LogP contribution in [-0.4, -0.2) is 54.2 Å². The van der Waals surface area contributed by atoms with Gasteiger partial charge in [-0.05, 0) is 22.6 Å². The molecule has 7 nitrogen and oxygen atoms in total. The number of carbonyl (C=O) groups is 1. The number of nitrogens with one attached hydrogen (secondary N) is 1. The van der Waals surface area contributed by atoms with Crippen molar-refractivity contribution in [3.8, 4) is 11.9 Å². The Bertz CT molecular complexity index is 437. The highest BCUT2D eigenvalue weighted by Gasteiger charge is 2.19. The Labute approximate surface area is 118 Å². The van der Waals surface area contributed by atoms with E-state index in [9.17, 15) is 4.79 Å². The van der Waals surface area contributed by atoms with Crippen LogP contribution in [-0.2, 0) is 0 Å². The molecule has 8 heteroatoms. The van der Waals surface area contributed by atoms with E-state index in [1.807, 2.05) is 22.6 Å². The number of hydrogen-bond donors (Lipinski definition) is 1. The molecule has 1 N–H and O–H groups in total. The third-order valence-corrected chi connectivity index (χ3v) is 2.95. The first kappa shape index (κ1) is 13.3. The summed E-state index contributed by atoms with van der Waals surface area (Å²) in [6.45, 7) is 2.83. The Kier molecular flexibility index (Phi) is 4.53. The van der Waals surface area contributed by atoms with Crippen LogP contribution in [0.3, 0.4) is 0 Å². The Morgan fingerprint density at radius 2 is 2.17 bits per heavy atom. The molecule has 1 amide bonds. The summed E-state index contributed by atoms with van der Waals surface area (Å²) in [6, 6.07) is 1.77. The minimum atomic E-state index is -0.395. The van der Waals surface area contributed by atoms with Gasteiger partial charge in [0.15, 0.2) is 0 Å². The summed E-state index contributed by atoms with van der Waals surface area (Å²) < 4.78 is 10.8. The highest BCUT2D eigenvalue weighted by Crippen LogP contribution is 2.16. The maximum absolute atomic E-state index is 11.9. The third-order valence-electron chi connectivity index (χ3n) is 2.40.